The Morgan fingerprint density at radius 2 is 1.46 bits per heavy atom. The van der Waals surface area contributed by atoms with Crippen LogP contribution in [0.1, 0.15) is 25.0 Å². The summed E-state index contributed by atoms with van der Waals surface area (Å²) in [6.07, 6.45) is 0. The van der Waals surface area contributed by atoms with E-state index in [0.717, 1.165) is 15.4 Å². The smallest absolute Gasteiger partial charge is 0.264 e. The number of sulfonamides is 1. The fourth-order valence-corrected chi connectivity index (χ4v) is 3.79. The van der Waals surface area contributed by atoms with E-state index >= 15 is 0 Å². The van der Waals surface area contributed by atoms with E-state index in [1.807, 2.05) is 39.8 Å². The van der Waals surface area contributed by atoms with E-state index < -0.39 is 10.0 Å². The second kappa shape index (κ2) is 8.36. The molecule has 2 aromatic rings. The van der Waals surface area contributed by atoms with Crippen LogP contribution >= 0.6 is 0 Å². The lowest BCUT2D eigenvalue weighted by Crippen LogP contribution is -2.41. The lowest BCUT2D eigenvalue weighted by molar-refractivity contribution is -0.119. The van der Waals surface area contributed by atoms with Gasteiger partial charge in [0, 0.05) is 6.54 Å². The van der Waals surface area contributed by atoms with Crippen molar-refractivity contribution >= 4 is 21.6 Å². The first-order valence-corrected chi connectivity index (χ1v) is 10.1. The van der Waals surface area contributed by atoms with Gasteiger partial charge < -0.3 is 5.32 Å². The summed E-state index contributed by atoms with van der Waals surface area (Å²) in [6, 6.07) is 13.7. The Labute approximate surface area is 156 Å². The third-order valence-electron chi connectivity index (χ3n) is 3.93. The largest absolute Gasteiger partial charge is 0.354 e. The molecule has 2 aromatic carbocycles. The molecule has 26 heavy (non-hydrogen) atoms. The molecule has 0 fully saturated rings. The van der Waals surface area contributed by atoms with Crippen LogP contribution in [0.3, 0.4) is 0 Å². The van der Waals surface area contributed by atoms with Crippen LogP contribution in [0.2, 0.25) is 0 Å². The molecule has 0 unspecified atom stereocenters. The number of aryl methyl sites for hydroxylation is 2. The van der Waals surface area contributed by atoms with Crippen molar-refractivity contribution in [1.82, 2.24) is 5.32 Å². The number of hydrogen-bond donors (Lipinski definition) is 1. The molecule has 0 saturated carbocycles. The summed E-state index contributed by atoms with van der Waals surface area (Å²) in [4.78, 5) is 12.5. The van der Waals surface area contributed by atoms with Crippen molar-refractivity contribution in [3.8, 4) is 0 Å². The van der Waals surface area contributed by atoms with Crippen molar-refractivity contribution < 1.29 is 13.2 Å². The van der Waals surface area contributed by atoms with Gasteiger partial charge in [-0.05, 0) is 44.0 Å². The minimum absolute atomic E-state index is 0.167. The zero-order valence-electron chi connectivity index (χ0n) is 15.7. The number of hydrogen-bond acceptors (Lipinski definition) is 3. The molecule has 0 radical (unpaired) electrons. The second-order valence-electron chi connectivity index (χ2n) is 6.86. The molecule has 140 valence electrons. The lowest BCUT2D eigenvalue weighted by atomic mass is 10.2. The number of rotatable bonds is 7. The molecular weight excluding hydrogens is 348 g/mol. The van der Waals surface area contributed by atoms with E-state index in [4.69, 9.17) is 0 Å². The van der Waals surface area contributed by atoms with Gasteiger partial charge in [-0.25, -0.2) is 8.42 Å². The maximum absolute atomic E-state index is 13.1. The van der Waals surface area contributed by atoms with E-state index in [1.165, 1.54) is 0 Å². The fourth-order valence-electron chi connectivity index (χ4n) is 2.37. The predicted octanol–water partition coefficient (Wildman–Crippen LogP) is 3.27. The summed E-state index contributed by atoms with van der Waals surface area (Å²) in [6.45, 7) is 8.05. The summed E-state index contributed by atoms with van der Waals surface area (Å²) in [7, 11) is -3.84. The molecule has 0 heterocycles. The summed E-state index contributed by atoms with van der Waals surface area (Å²) in [5.41, 5.74) is 2.46. The number of carbonyl (C=O) groups is 1. The maximum atomic E-state index is 13.1. The molecule has 1 N–H and O–H groups in total. The van der Waals surface area contributed by atoms with E-state index in [9.17, 15) is 13.2 Å². The molecule has 0 atom stereocenters. The van der Waals surface area contributed by atoms with Crippen LogP contribution < -0.4 is 9.62 Å². The Morgan fingerprint density at radius 1 is 0.962 bits per heavy atom. The summed E-state index contributed by atoms with van der Waals surface area (Å²) in [5.74, 6) is -0.0320. The van der Waals surface area contributed by atoms with Gasteiger partial charge in [0.25, 0.3) is 10.0 Å². The molecule has 0 bridgehead atoms. The van der Waals surface area contributed by atoms with Gasteiger partial charge in [0.15, 0.2) is 0 Å². The third-order valence-corrected chi connectivity index (χ3v) is 5.71. The number of nitrogens with one attached hydrogen (secondary N) is 1. The molecule has 0 aliphatic heterocycles. The van der Waals surface area contributed by atoms with Gasteiger partial charge in [-0.2, -0.15) is 0 Å². The van der Waals surface area contributed by atoms with Crippen molar-refractivity contribution in [3.63, 3.8) is 0 Å². The molecule has 0 aliphatic rings. The van der Waals surface area contributed by atoms with Crippen molar-refractivity contribution in [3.05, 3.63) is 59.7 Å². The quantitative estimate of drug-likeness (QED) is 0.809. The second-order valence-corrected chi connectivity index (χ2v) is 8.72. The highest BCUT2D eigenvalue weighted by Crippen LogP contribution is 2.24. The van der Waals surface area contributed by atoms with Crippen LogP contribution in [-0.2, 0) is 14.8 Å². The average Bonchev–Trinajstić information content (AvgIpc) is 2.59. The topological polar surface area (TPSA) is 66.5 Å². The van der Waals surface area contributed by atoms with Gasteiger partial charge in [-0.3, -0.25) is 9.10 Å². The Balaban J connectivity index is 2.37. The van der Waals surface area contributed by atoms with Crippen LogP contribution in [0.25, 0.3) is 0 Å². The zero-order valence-corrected chi connectivity index (χ0v) is 16.5. The third kappa shape index (κ3) is 5.08. The summed E-state index contributed by atoms with van der Waals surface area (Å²) >= 11 is 0. The van der Waals surface area contributed by atoms with Crippen LogP contribution in [0, 0.1) is 19.8 Å². The number of carbonyl (C=O) groups excluding carboxylic acids is 1. The van der Waals surface area contributed by atoms with E-state index in [2.05, 4.69) is 5.32 Å². The SMILES string of the molecule is Cc1ccc(N(CC(=O)NCC(C)C)S(=O)(=O)c2ccc(C)cc2)cc1. The zero-order chi connectivity index (χ0) is 19.3. The number of benzene rings is 2. The number of nitrogens with zero attached hydrogens (tertiary/aromatic N) is 1. The monoisotopic (exact) mass is 374 g/mol. The number of amides is 1. The van der Waals surface area contributed by atoms with Gasteiger partial charge in [0.1, 0.15) is 6.54 Å². The minimum atomic E-state index is -3.84. The van der Waals surface area contributed by atoms with Crippen LogP contribution in [0.5, 0.6) is 0 Å². The minimum Gasteiger partial charge on any atom is -0.354 e. The highest BCUT2D eigenvalue weighted by Gasteiger charge is 2.27. The standard InChI is InChI=1S/C20H26N2O3S/c1-15(2)13-21-20(23)14-22(18-9-5-16(3)6-10-18)26(24,25)19-11-7-17(4)8-12-19/h5-12,15H,13-14H2,1-4H3,(H,21,23). The van der Waals surface area contributed by atoms with Gasteiger partial charge >= 0.3 is 0 Å². The first kappa shape index (κ1) is 20.0. The van der Waals surface area contributed by atoms with E-state index in [-0.39, 0.29) is 17.3 Å². The van der Waals surface area contributed by atoms with Crippen molar-refractivity contribution in [2.75, 3.05) is 17.4 Å². The first-order chi connectivity index (χ1) is 12.2. The van der Waals surface area contributed by atoms with Crippen molar-refractivity contribution in [1.29, 1.82) is 0 Å². The summed E-state index contributed by atoms with van der Waals surface area (Å²) in [5, 5.41) is 2.78. The number of anilines is 1. The van der Waals surface area contributed by atoms with Gasteiger partial charge in [0.2, 0.25) is 5.91 Å². The van der Waals surface area contributed by atoms with Crippen molar-refractivity contribution in [2.24, 2.45) is 5.92 Å². The molecule has 1 amide bonds. The first-order valence-electron chi connectivity index (χ1n) is 8.63. The van der Waals surface area contributed by atoms with Crippen LogP contribution in [-0.4, -0.2) is 27.4 Å². The Kier molecular flexibility index (Phi) is 6.42. The molecule has 0 aliphatic carbocycles. The van der Waals surface area contributed by atoms with E-state index in [0.29, 0.717) is 18.2 Å². The lowest BCUT2D eigenvalue weighted by Gasteiger charge is -2.24. The Bertz CT molecular complexity index is 842. The van der Waals surface area contributed by atoms with E-state index in [1.54, 1.807) is 36.4 Å². The highest BCUT2D eigenvalue weighted by molar-refractivity contribution is 7.92. The van der Waals surface area contributed by atoms with Gasteiger partial charge in [-0.1, -0.05) is 49.2 Å². The Morgan fingerprint density at radius 3 is 1.96 bits per heavy atom. The molecule has 0 spiro atoms. The highest BCUT2D eigenvalue weighted by atomic mass is 32.2. The predicted molar refractivity (Wildman–Crippen MR) is 105 cm³/mol. The van der Waals surface area contributed by atoms with Crippen molar-refractivity contribution in [2.45, 2.75) is 32.6 Å². The van der Waals surface area contributed by atoms with Crippen LogP contribution in [0.4, 0.5) is 5.69 Å². The van der Waals surface area contributed by atoms with Crippen LogP contribution in [0.15, 0.2) is 53.4 Å². The molecular formula is C20H26N2O3S. The normalized spacial score (nSPS) is 11.4. The van der Waals surface area contributed by atoms with Gasteiger partial charge in [-0.15, -0.1) is 0 Å². The summed E-state index contributed by atoms with van der Waals surface area (Å²) < 4.78 is 27.5. The molecule has 2 rings (SSSR count). The fraction of sp³-hybridized carbons (Fsp3) is 0.350. The maximum Gasteiger partial charge on any atom is 0.264 e. The average molecular weight is 375 g/mol. The van der Waals surface area contributed by atoms with Gasteiger partial charge in [0.05, 0.1) is 10.6 Å². The Hall–Kier alpha value is -2.34. The molecule has 0 saturated heterocycles. The molecule has 5 nitrogen and oxygen atoms in total. The molecule has 6 heteroatoms. The molecule has 0 aromatic heterocycles.